The maximum absolute atomic E-state index is 13.1. The van der Waals surface area contributed by atoms with Gasteiger partial charge >= 0.3 is 0 Å². The average Bonchev–Trinajstić information content (AvgIpc) is 2.63. The maximum Gasteiger partial charge on any atom is 0.262 e. The van der Waals surface area contributed by atoms with Crippen molar-refractivity contribution in [3.8, 4) is 0 Å². The van der Waals surface area contributed by atoms with Crippen LogP contribution in [0.4, 0.5) is 5.69 Å². The van der Waals surface area contributed by atoms with Crippen molar-refractivity contribution < 1.29 is 16.8 Å². The number of hydrogen-bond donors (Lipinski definition) is 1. The molecule has 0 amide bonds. The molecule has 0 aliphatic heterocycles. The summed E-state index contributed by atoms with van der Waals surface area (Å²) in [6.07, 6.45) is 0. The maximum atomic E-state index is 13.1. The summed E-state index contributed by atoms with van der Waals surface area (Å²) < 4.78 is 55.7. The Hall–Kier alpha value is -1.61. The van der Waals surface area contributed by atoms with Crippen LogP contribution in [-0.2, 0) is 25.5 Å². The van der Waals surface area contributed by atoms with Gasteiger partial charge in [-0.25, -0.2) is 16.8 Å². The molecule has 0 atom stereocenters. The first-order chi connectivity index (χ1) is 13.7. The van der Waals surface area contributed by atoms with Crippen LogP contribution in [-0.4, -0.2) is 34.2 Å². The third-order valence-corrected chi connectivity index (χ3v) is 8.91. The second-order valence-corrected chi connectivity index (χ2v) is 12.0. The minimum Gasteiger partial charge on any atom is -0.280 e. The number of aryl methyl sites for hydroxylation is 1. The van der Waals surface area contributed by atoms with Crippen LogP contribution in [0.5, 0.6) is 0 Å². The van der Waals surface area contributed by atoms with Crippen molar-refractivity contribution in [1.82, 2.24) is 4.31 Å². The standard InChI is InChI=1S/C21H29ClN2O4S2/c1-7-24(8-2)30(27,28)20-14-17(11-12-18(20)22)23-29(25,26)19-13-16(21(4,5)6)10-9-15(19)3/h9-14,23H,7-8H2,1-6H3. The SMILES string of the molecule is CCN(CC)S(=O)(=O)c1cc(NS(=O)(=O)c2cc(C(C)(C)C)ccc2C)ccc1Cl. The summed E-state index contributed by atoms with van der Waals surface area (Å²) in [6, 6.07) is 9.43. The molecule has 0 aliphatic carbocycles. The number of nitrogens with zero attached hydrogens (tertiary/aromatic N) is 1. The van der Waals surface area contributed by atoms with E-state index < -0.39 is 20.0 Å². The summed E-state index contributed by atoms with van der Waals surface area (Å²) in [5, 5.41) is 0.0377. The van der Waals surface area contributed by atoms with E-state index >= 15 is 0 Å². The van der Waals surface area contributed by atoms with Gasteiger partial charge in [0.25, 0.3) is 10.0 Å². The smallest absolute Gasteiger partial charge is 0.262 e. The molecule has 0 unspecified atom stereocenters. The third kappa shape index (κ3) is 5.17. The van der Waals surface area contributed by atoms with Crippen molar-refractivity contribution in [2.24, 2.45) is 0 Å². The number of benzene rings is 2. The topological polar surface area (TPSA) is 83.6 Å². The fourth-order valence-electron chi connectivity index (χ4n) is 3.03. The Morgan fingerprint density at radius 2 is 1.53 bits per heavy atom. The van der Waals surface area contributed by atoms with E-state index in [2.05, 4.69) is 4.72 Å². The van der Waals surface area contributed by atoms with E-state index in [4.69, 9.17) is 11.6 Å². The molecular formula is C21H29ClN2O4S2. The number of anilines is 1. The average molecular weight is 473 g/mol. The summed E-state index contributed by atoms with van der Waals surface area (Å²) in [7, 11) is -7.78. The largest absolute Gasteiger partial charge is 0.280 e. The fourth-order valence-corrected chi connectivity index (χ4v) is 6.31. The Kier molecular flexibility index (Phi) is 7.29. The lowest BCUT2D eigenvalue weighted by molar-refractivity contribution is 0.445. The molecule has 9 heteroatoms. The van der Waals surface area contributed by atoms with Gasteiger partial charge in [-0.1, -0.05) is 58.4 Å². The lowest BCUT2D eigenvalue weighted by Crippen LogP contribution is -2.30. The third-order valence-electron chi connectivity index (χ3n) is 4.85. The molecule has 0 saturated heterocycles. The highest BCUT2D eigenvalue weighted by Crippen LogP contribution is 2.31. The predicted octanol–water partition coefficient (Wildman–Crippen LogP) is 4.78. The van der Waals surface area contributed by atoms with Gasteiger partial charge < -0.3 is 0 Å². The molecule has 0 bridgehead atoms. The second kappa shape index (κ2) is 8.86. The molecule has 30 heavy (non-hydrogen) atoms. The van der Waals surface area contributed by atoms with E-state index in [1.54, 1.807) is 32.9 Å². The highest BCUT2D eigenvalue weighted by molar-refractivity contribution is 7.92. The zero-order chi connectivity index (χ0) is 22.9. The Morgan fingerprint density at radius 1 is 0.933 bits per heavy atom. The van der Waals surface area contributed by atoms with Crippen molar-refractivity contribution in [1.29, 1.82) is 0 Å². The highest BCUT2D eigenvalue weighted by atomic mass is 35.5. The fraction of sp³-hybridized carbons (Fsp3) is 0.429. The number of hydrogen-bond acceptors (Lipinski definition) is 4. The van der Waals surface area contributed by atoms with Gasteiger partial charge in [0.15, 0.2) is 0 Å². The van der Waals surface area contributed by atoms with Gasteiger partial charge in [-0.15, -0.1) is 0 Å². The van der Waals surface area contributed by atoms with Crippen molar-refractivity contribution >= 4 is 37.3 Å². The monoisotopic (exact) mass is 472 g/mol. The molecule has 0 aliphatic rings. The lowest BCUT2D eigenvalue weighted by Gasteiger charge is -2.21. The minimum absolute atomic E-state index is 0.0377. The van der Waals surface area contributed by atoms with Gasteiger partial charge in [0.05, 0.1) is 15.6 Å². The first-order valence-electron chi connectivity index (χ1n) is 9.67. The zero-order valence-corrected chi connectivity index (χ0v) is 20.5. The Bertz CT molecular complexity index is 1130. The minimum atomic E-state index is -3.93. The van der Waals surface area contributed by atoms with Gasteiger partial charge in [0, 0.05) is 13.1 Å². The van der Waals surface area contributed by atoms with Crippen LogP contribution < -0.4 is 4.72 Å². The van der Waals surface area contributed by atoms with Crippen LogP contribution >= 0.6 is 11.6 Å². The summed E-state index contributed by atoms with van der Waals surface area (Å²) in [6.45, 7) is 11.8. The second-order valence-electron chi connectivity index (χ2n) is 8.07. The molecule has 0 aromatic heterocycles. The van der Waals surface area contributed by atoms with E-state index in [1.807, 2.05) is 26.8 Å². The zero-order valence-electron chi connectivity index (χ0n) is 18.2. The molecule has 0 fully saturated rings. The summed E-state index contributed by atoms with van der Waals surface area (Å²) in [5.74, 6) is 0. The van der Waals surface area contributed by atoms with Gasteiger partial charge in [0.1, 0.15) is 4.90 Å². The number of rotatable bonds is 7. The van der Waals surface area contributed by atoms with Crippen LogP contribution in [0.25, 0.3) is 0 Å². The van der Waals surface area contributed by atoms with Crippen LogP contribution in [0, 0.1) is 6.92 Å². The molecule has 0 spiro atoms. The normalized spacial score (nSPS) is 12.9. The van der Waals surface area contributed by atoms with Gasteiger partial charge in [-0.3, -0.25) is 4.72 Å². The van der Waals surface area contributed by atoms with E-state index in [-0.39, 0.29) is 39.0 Å². The van der Waals surface area contributed by atoms with Gasteiger partial charge in [0.2, 0.25) is 10.0 Å². The van der Waals surface area contributed by atoms with Crippen molar-refractivity contribution in [2.45, 2.75) is 56.7 Å². The quantitative estimate of drug-likeness (QED) is 0.628. The molecule has 0 heterocycles. The van der Waals surface area contributed by atoms with Crippen molar-refractivity contribution in [2.75, 3.05) is 17.8 Å². The Labute approximate surface area is 185 Å². The first kappa shape index (κ1) is 24.7. The summed E-state index contributed by atoms with van der Waals surface area (Å²) in [5.41, 5.74) is 1.39. The van der Waals surface area contributed by atoms with Crippen LogP contribution in [0.3, 0.4) is 0 Å². The molecular weight excluding hydrogens is 444 g/mol. The number of sulfonamides is 2. The van der Waals surface area contributed by atoms with Crippen LogP contribution in [0.1, 0.15) is 45.7 Å². The van der Waals surface area contributed by atoms with E-state index in [0.29, 0.717) is 5.56 Å². The van der Waals surface area contributed by atoms with Crippen LogP contribution in [0.15, 0.2) is 46.2 Å². The number of halogens is 1. The van der Waals surface area contributed by atoms with E-state index in [0.717, 1.165) is 5.56 Å². The van der Waals surface area contributed by atoms with E-state index in [9.17, 15) is 16.8 Å². The highest BCUT2D eigenvalue weighted by Gasteiger charge is 2.26. The molecule has 0 saturated carbocycles. The Morgan fingerprint density at radius 3 is 2.07 bits per heavy atom. The van der Waals surface area contributed by atoms with Crippen molar-refractivity contribution in [3.05, 3.63) is 52.5 Å². The van der Waals surface area contributed by atoms with Crippen molar-refractivity contribution in [3.63, 3.8) is 0 Å². The molecule has 2 aromatic rings. The molecule has 1 N–H and O–H groups in total. The van der Waals surface area contributed by atoms with Crippen LogP contribution in [0.2, 0.25) is 5.02 Å². The Balaban J connectivity index is 2.51. The molecule has 6 nitrogen and oxygen atoms in total. The predicted molar refractivity (Wildman–Crippen MR) is 122 cm³/mol. The molecule has 0 radical (unpaired) electrons. The molecule has 2 rings (SSSR count). The summed E-state index contributed by atoms with van der Waals surface area (Å²) in [4.78, 5) is 0.0197. The number of nitrogens with one attached hydrogen (secondary N) is 1. The lowest BCUT2D eigenvalue weighted by atomic mass is 9.87. The van der Waals surface area contributed by atoms with Gasteiger partial charge in [-0.2, -0.15) is 4.31 Å². The van der Waals surface area contributed by atoms with E-state index in [1.165, 1.54) is 22.5 Å². The molecule has 2 aromatic carbocycles. The molecule has 166 valence electrons. The first-order valence-corrected chi connectivity index (χ1v) is 13.0. The summed E-state index contributed by atoms with van der Waals surface area (Å²) >= 11 is 6.14. The van der Waals surface area contributed by atoms with Gasteiger partial charge in [-0.05, 0) is 47.7 Å².